The molecule has 1 atom stereocenters. The Morgan fingerprint density at radius 3 is 2.54 bits per heavy atom. The minimum atomic E-state index is 0.0418. The fourth-order valence-corrected chi connectivity index (χ4v) is 4.99. The highest BCUT2D eigenvalue weighted by atomic mass is 16.5. The van der Waals surface area contributed by atoms with Crippen LogP contribution in [0.2, 0.25) is 0 Å². The van der Waals surface area contributed by atoms with Crippen LogP contribution in [-0.2, 0) is 11.3 Å². The zero-order valence-corrected chi connectivity index (χ0v) is 21.0. The smallest absolute Gasteiger partial charge is 0.227 e. The number of hydrogen-bond acceptors (Lipinski definition) is 3. The molecular formula is C30H33N3O2. The van der Waals surface area contributed by atoms with Gasteiger partial charge in [0.25, 0.3) is 0 Å². The molecule has 1 fully saturated rings. The number of amides is 1. The van der Waals surface area contributed by atoms with Crippen molar-refractivity contribution in [2.75, 3.05) is 18.1 Å². The predicted octanol–water partition coefficient (Wildman–Crippen LogP) is 6.38. The van der Waals surface area contributed by atoms with Crippen molar-refractivity contribution in [3.63, 3.8) is 0 Å². The summed E-state index contributed by atoms with van der Waals surface area (Å²) >= 11 is 0. The van der Waals surface area contributed by atoms with Gasteiger partial charge >= 0.3 is 0 Å². The third-order valence-electron chi connectivity index (χ3n) is 7.17. The number of para-hydroxylation sites is 2. The van der Waals surface area contributed by atoms with Crippen molar-refractivity contribution in [3.8, 4) is 5.75 Å². The van der Waals surface area contributed by atoms with Gasteiger partial charge in [-0.15, -0.1) is 0 Å². The van der Waals surface area contributed by atoms with Gasteiger partial charge in [0.15, 0.2) is 0 Å². The monoisotopic (exact) mass is 467 g/mol. The van der Waals surface area contributed by atoms with Crippen molar-refractivity contribution in [1.82, 2.24) is 9.55 Å². The van der Waals surface area contributed by atoms with Crippen LogP contribution in [0.4, 0.5) is 5.69 Å². The first-order valence-corrected chi connectivity index (χ1v) is 12.5. The number of nitrogens with zero attached hydrogens (tertiary/aromatic N) is 3. The zero-order valence-electron chi connectivity index (χ0n) is 21.0. The molecule has 1 unspecified atom stereocenters. The predicted molar refractivity (Wildman–Crippen MR) is 141 cm³/mol. The van der Waals surface area contributed by atoms with E-state index in [0.29, 0.717) is 32.0 Å². The largest absolute Gasteiger partial charge is 0.492 e. The van der Waals surface area contributed by atoms with E-state index >= 15 is 0 Å². The molecule has 4 aromatic rings. The molecule has 5 heteroatoms. The van der Waals surface area contributed by atoms with Crippen LogP contribution >= 0.6 is 0 Å². The second-order valence-electron chi connectivity index (χ2n) is 9.81. The van der Waals surface area contributed by atoms with Gasteiger partial charge in [-0.25, -0.2) is 4.98 Å². The summed E-state index contributed by atoms with van der Waals surface area (Å²) in [6, 6.07) is 22.7. The number of rotatable bonds is 7. The standard InChI is InChI=1S/C30H33N3O2/c1-20(2)23-12-14-25(15-13-23)35-17-16-32-28-10-6-5-9-26(28)31-30(32)24-18-29(34)33(19-24)27-11-7-8-21(3)22(27)4/h5-15,20,24H,16-19H2,1-4H3. The number of ether oxygens (including phenoxy) is 1. The van der Waals surface area contributed by atoms with Gasteiger partial charge in [0.05, 0.1) is 17.6 Å². The van der Waals surface area contributed by atoms with E-state index < -0.39 is 0 Å². The van der Waals surface area contributed by atoms with Gasteiger partial charge < -0.3 is 14.2 Å². The van der Waals surface area contributed by atoms with Crippen LogP contribution < -0.4 is 9.64 Å². The summed E-state index contributed by atoms with van der Waals surface area (Å²) in [4.78, 5) is 20.0. The molecular weight excluding hydrogens is 434 g/mol. The highest BCUT2D eigenvalue weighted by Gasteiger charge is 2.35. The highest BCUT2D eigenvalue weighted by molar-refractivity contribution is 5.97. The molecule has 1 aliphatic rings. The van der Waals surface area contributed by atoms with Crippen LogP contribution in [0.25, 0.3) is 11.0 Å². The molecule has 180 valence electrons. The van der Waals surface area contributed by atoms with E-state index in [4.69, 9.17) is 9.72 Å². The van der Waals surface area contributed by atoms with Crippen molar-refractivity contribution >= 4 is 22.6 Å². The Hall–Kier alpha value is -3.60. The Morgan fingerprint density at radius 2 is 1.77 bits per heavy atom. The number of anilines is 1. The molecule has 35 heavy (non-hydrogen) atoms. The van der Waals surface area contributed by atoms with Gasteiger partial charge in [-0.3, -0.25) is 4.79 Å². The first-order chi connectivity index (χ1) is 16.9. The van der Waals surface area contributed by atoms with Gasteiger partial charge in [0, 0.05) is 24.6 Å². The third-order valence-corrected chi connectivity index (χ3v) is 7.17. The molecule has 1 aliphatic heterocycles. The maximum absolute atomic E-state index is 13.1. The third kappa shape index (κ3) is 4.55. The summed E-state index contributed by atoms with van der Waals surface area (Å²) in [5.74, 6) is 2.54. The van der Waals surface area contributed by atoms with E-state index in [1.54, 1.807) is 0 Å². The molecule has 1 amide bonds. The van der Waals surface area contributed by atoms with E-state index in [-0.39, 0.29) is 11.8 Å². The van der Waals surface area contributed by atoms with Crippen molar-refractivity contribution < 1.29 is 9.53 Å². The number of aromatic nitrogens is 2. The molecule has 0 radical (unpaired) electrons. The van der Waals surface area contributed by atoms with Crippen LogP contribution in [0.3, 0.4) is 0 Å². The number of fused-ring (bicyclic) bond motifs is 1. The van der Waals surface area contributed by atoms with Crippen molar-refractivity contribution in [2.45, 2.75) is 52.5 Å². The molecule has 5 nitrogen and oxygen atoms in total. The molecule has 0 N–H and O–H groups in total. The second-order valence-corrected chi connectivity index (χ2v) is 9.81. The summed E-state index contributed by atoms with van der Waals surface area (Å²) in [5, 5.41) is 0. The fraction of sp³-hybridized carbons (Fsp3) is 0.333. The topological polar surface area (TPSA) is 47.4 Å². The van der Waals surface area contributed by atoms with Gasteiger partial charge in [-0.1, -0.05) is 50.2 Å². The molecule has 0 spiro atoms. The van der Waals surface area contributed by atoms with Gasteiger partial charge in [0.1, 0.15) is 18.2 Å². The molecule has 0 bridgehead atoms. The Morgan fingerprint density at radius 1 is 1.00 bits per heavy atom. The number of carbonyl (C=O) groups excluding carboxylic acids is 1. The van der Waals surface area contributed by atoms with Gasteiger partial charge in [-0.05, 0) is 66.8 Å². The molecule has 3 aromatic carbocycles. The Bertz CT molecular complexity index is 1350. The molecule has 0 saturated carbocycles. The number of hydrogen-bond donors (Lipinski definition) is 0. The SMILES string of the molecule is Cc1cccc(N2CC(c3nc4ccccc4n3CCOc3ccc(C(C)C)cc3)CC2=O)c1C. The highest BCUT2D eigenvalue weighted by Crippen LogP contribution is 2.35. The van der Waals surface area contributed by atoms with E-state index in [0.717, 1.165) is 33.9 Å². The van der Waals surface area contributed by atoms with E-state index in [2.05, 4.69) is 56.5 Å². The lowest BCUT2D eigenvalue weighted by molar-refractivity contribution is -0.117. The Kier molecular flexibility index (Phi) is 6.33. The van der Waals surface area contributed by atoms with Crippen molar-refractivity contribution in [1.29, 1.82) is 0 Å². The average molecular weight is 468 g/mol. The maximum Gasteiger partial charge on any atom is 0.227 e. The van der Waals surface area contributed by atoms with Gasteiger partial charge in [-0.2, -0.15) is 0 Å². The first-order valence-electron chi connectivity index (χ1n) is 12.5. The lowest BCUT2D eigenvalue weighted by Gasteiger charge is -2.20. The van der Waals surface area contributed by atoms with Crippen LogP contribution in [0.1, 0.15) is 54.6 Å². The van der Waals surface area contributed by atoms with Crippen LogP contribution in [0.5, 0.6) is 5.75 Å². The summed E-state index contributed by atoms with van der Waals surface area (Å²) in [5.41, 5.74) is 6.71. The Labute approximate surface area is 207 Å². The van der Waals surface area contributed by atoms with Crippen LogP contribution in [0, 0.1) is 13.8 Å². The Balaban J connectivity index is 1.38. The molecule has 0 aliphatic carbocycles. The molecule has 2 heterocycles. The lowest BCUT2D eigenvalue weighted by Crippen LogP contribution is -2.25. The summed E-state index contributed by atoms with van der Waals surface area (Å²) in [7, 11) is 0. The number of aryl methyl sites for hydroxylation is 1. The summed E-state index contributed by atoms with van der Waals surface area (Å²) < 4.78 is 8.33. The number of carbonyl (C=O) groups is 1. The second kappa shape index (κ2) is 9.57. The summed E-state index contributed by atoms with van der Waals surface area (Å²) in [6.07, 6.45) is 0.466. The fourth-order valence-electron chi connectivity index (χ4n) is 4.99. The van der Waals surface area contributed by atoms with Crippen LogP contribution in [-0.4, -0.2) is 28.6 Å². The molecule has 5 rings (SSSR count). The molecule has 1 aromatic heterocycles. The van der Waals surface area contributed by atoms with Gasteiger partial charge in [0.2, 0.25) is 5.91 Å². The summed E-state index contributed by atoms with van der Waals surface area (Å²) in [6.45, 7) is 10.4. The number of benzene rings is 3. The minimum Gasteiger partial charge on any atom is -0.492 e. The first kappa shape index (κ1) is 23.2. The van der Waals surface area contributed by atoms with Crippen molar-refractivity contribution in [3.05, 3.63) is 89.2 Å². The van der Waals surface area contributed by atoms with E-state index in [1.807, 2.05) is 47.4 Å². The average Bonchev–Trinajstić information content (AvgIpc) is 3.42. The quantitative estimate of drug-likeness (QED) is 0.317. The lowest BCUT2D eigenvalue weighted by atomic mass is 10.0. The van der Waals surface area contributed by atoms with E-state index in [1.165, 1.54) is 11.1 Å². The molecule has 1 saturated heterocycles. The van der Waals surface area contributed by atoms with E-state index in [9.17, 15) is 4.79 Å². The normalized spacial score (nSPS) is 16.0. The zero-order chi connectivity index (χ0) is 24.5. The number of imidazole rings is 1. The van der Waals surface area contributed by atoms with Crippen LogP contribution in [0.15, 0.2) is 66.7 Å². The maximum atomic E-state index is 13.1. The van der Waals surface area contributed by atoms with Crippen molar-refractivity contribution in [2.24, 2.45) is 0 Å². The minimum absolute atomic E-state index is 0.0418.